The number of nitrogens with zero attached hydrogens (tertiary/aromatic N) is 3. The molecule has 0 fully saturated rings. The predicted molar refractivity (Wildman–Crippen MR) is 75.3 cm³/mol. The van der Waals surface area contributed by atoms with Crippen LogP contribution in [-0.4, -0.2) is 40.6 Å². The van der Waals surface area contributed by atoms with Crippen LogP contribution in [0.2, 0.25) is 0 Å². The van der Waals surface area contributed by atoms with Crippen molar-refractivity contribution in [2.45, 2.75) is 0 Å². The summed E-state index contributed by atoms with van der Waals surface area (Å²) < 4.78 is 3.19. The number of hydrogen-bond donors (Lipinski definition) is 1. The van der Waals surface area contributed by atoms with E-state index in [2.05, 4.69) is 5.32 Å². The molecule has 0 saturated carbocycles. The number of rotatable bonds is 3. The molecule has 0 saturated heterocycles. The van der Waals surface area contributed by atoms with Crippen LogP contribution in [0.1, 0.15) is 0 Å². The van der Waals surface area contributed by atoms with E-state index in [1.165, 1.54) is 4.90 Å². The highest BCUT2D eigenvalue weighted by Gasteiger charge is 2.09. The molecule has 0 atom stereocenters. The highest BCUT2D eigenvalue weighted by molar-refractivity contribution is 5.83. The van der Waals surface area contributed by atoms with Gasteiger partial charge in [-0.25, -0.2) is 4.79 Å². The number of carbonyl (C=O) groups is 1. The second kappa shape index (κ2) is 4.79. The van der Waals surface area contributed by atoms with Crippen LogP contribution in [0, 0.1) is 0 Å². The van der Waals surface area contributed by atoms with Crippen molar-refractivity contribution in [1.29, 1.82) is 0 Å². The van der Waals surface area contributed by atoms with Gasteiger partial charge in [-0.05, 0) is 18.2 Å². The number of hydrogen-bond acceptors (Lipinski definition) is 3. The topological polar surface area (TPSA) is 59.3 Å². The fraction of sp³-hybridized carbons (Fsp3) is 0.385. The Balaban J connectivity index is 2.30. The predicted octanol–water partition coefficient (Wildman–Crippen LogP) is 0.377. The number of anilines is 1. The summed E-state index contributed by atoms with van der Waals surface area (Å²) in [6.45, 7) is 0.235. The van der Waals surface area contributed by atoms with E-state index in [9.17, 15) is 9.59 Å². The van der Waals surface area contributed by atoms with Crippen LogP contribution in [-0.2, 0) is 18.9 Å². The molecule has 6 heteroatoms. The van der Waals surface area contributed by atoms with Crippen LogP contribution in [0.5, 0.6) is 0 Å². The van der Waals surface area contributed by atoms with Gasteiger partial charge in [0.05, 0.1) is 17.6 Å². The first-order chi connectivity index (χ1) is 8.91. The van der Waals surface area contributed by atoms with Crippen LogP contribution in [0.4, 0.5) is 5.69 Å². The number of carbonyl (C=O) groups excluding carboxylic acids is 1. The van der Waals surface area contributed by atoms with Crippen LogP contribution < -0.4 is 11.0 Å². The molecule has 102 valence electrons. The summed E-state index contributed by atoms with van der Waals surface area (Å²) in [5, 5.41) is 3.06. The van der Waals surface area contributed by atoms with Crippen molar-refractivity contribution in [2.75, 3.05) is 26.0 Å². The zero-order valence-electron chi connectivity index (χ0n) is 11.6. The number of benzene rings is 1. The molecule has 19 heavy (non-hydrogen) atoms. The van der Waals surface area contributed by atoms with Crippen molar-refractivity contribution >= 4 is 22.6 Å². The molecule has 1 N–H and O–H groups in total. The van der Waals surface area contributed by atoms with E-state index in [4.69, 9.17) is 0 Å². The maximum Gasteiger partial charge on any atom is 0.328 e. The summed E-state index contributed by atoms with van der Waals surface area (Å²) in [5.41, 5.74) is 2.48. The number of likely N-dealkylation sites (N-methyl/N-ethyl adjacent to an activating group) is 1. The Morgan fingerprint density at radius 3 is 2.47 bits per heavy atom. The molecule has 0 spiro atoms. The van der Waals surface area contributed by atoms with E-state index in [-0.39, 0.29) is 18.1 Å². The molecule has 0 aliphatic carbocycles. The van der Waals surface area contributed by atoms with E-state index in [0.29, 0.717) is 0 Å². The highest BCUT2D eigenvalue weighted by atomic mass is 16.2. The Morgan fingerprint density at radius 1 is 1.21 bits per heavy atom. The van der Waals surface area contributed by atoms with Gasteiger partial charge in [0.1, 0.15) is 0 Å². The monoisotopic (exact) mass is 262 g/mol. The number of imidazole rings is 1. The number of aryl methyl sites for hydroxylation is 2. The smallest absolute Gasteiger partial charge is 0.328 e. The third-order valence-electron chi connectivity index (χ3n) is 3.21. The lowest BCUT2D eigenvalue weighted by Gasteiger charge is -2.11. The molecule has 1 aromatic carbocycles. The SMILES string of the molecule is CN(C)C(=O)CNc1ccc2c(c1)n(C)c(=O)n2C. The summed E-state index contributed by atoms with van der Waals surface area (Å²) in [5.74, 6) is 0.00190. The normalized spacial score (nSPS) is 10.7. The lowest BCUT2D eigenvalue weighted by molar-refractivity contribution is -0.126. The molecule has 1 amide bonds. The molecular weight excluding hydrogens is 244 g/mol. The molecule has 0 bridgehead atoms. The van der Waals surface area contributed by atoms with Gasteiger partial charge in [0.2, 0.25) is 5.91 Å². The second-order valence-electron chi connectivity index (χ2n) is 4.75. The molecule has 2 aromatic rings. The average Bonchev–Trinajstić information content (AvgIpc) is 2.61. The van der Waals surface area contributed by atoms with E-state index < -0.39 is 0 Å². The molecule has 1 aromatic heterocycles. The van der Waals surface area contributed by atoms with Crippen LogP contribution >= 0.6 is 0 Å². The van der Waals surface area contributed by atoms with E-state index in [1.807, 2.05) is 18.2 Å². The van der Waals surface area contributed by atoms with Gasteiger partial charge in [-0.15, -0.1) is 0 Å². The maximum absolute atomic E-state index is 11.8. The van der Waals surface area contributed by atoms with Gasteiger partial charge in [0, 0.05) is 33.9 Å². The summed E-state index contributed by atoms with van der Waals surface area (Å²) in [4.78, 5) is 24.8. The van der Waals surface area contributed by atoms with Crippen molar-refractivity contribution in [3.8, 4) is 0 Å². The molecule has 0 unspecified atom stereocenters. The molecule has 0 radical (unpaired) electrons. The largest absolute Gasteiger partial charge is 0.376 e. The van der Waals surface area contributed by atoms with Crippen LogP contribution in [0.3, 0.4) is 0 Å². The van der Waals surface area contributed by atoms with Crippen molar-refractivity contribution in [1.82, 2.24) is 14.0 Å². The Bertz CT molecular complexity index is 682. The van der Waals surface area contributed by atoms with Gasteiger partial charge >= 0.3 is 5.69 Å². The van der Waals surface area contributed by atoms with Gasteiger partial charge < -0.3 is 10.2 Å². The lowest BCUT2D eigenvalue weighted by Crippen LogP contribution is -2.28. The van der Waals surface area contributed by atoms with Crippen LogP contribution in [0.15, 0.2) is 23.0 Å². The molecule has 0 aliphatic rings. The Hall–Kier alpha value is -2.24. The van der Waals surface area contributed by atoms with Crippen molar-refractivity contribution in [3.63, 3.8) is 0 Å². The zero-order chi connectivity index (χ0) is 14.2. The summed E-state index contributed by atoms with van der Waals surface area (Å²) >= 11 is 0. The van der Waals surface area contributed by atoms with Crippen molar-refractivity contribution < 1.29 is 4.79 Å². The van der Waals surface area contributed by atoms with Gasteiger partial charge in [-0.3, -0.25) is 13.9 Å². The number of aromatic nitrogens is 2. The minimum absolute atomic E-state index is 0.00190. The van der Waals surface area contributed by atoms with Crippen LogP contribution in [0.25, 0.3) is 11.0 Å². The zero-order valence-corrected chi connectivity index (χ0v) is 11.6. The highest BCUT2D eigenvalue weighted by Crippen LogP contribution is 2.17. The number of amides is 1. The summed E-state index contributed by atoms with van der Waals surface area (Å²) in [6.07, 6.45) is 0. The van der Waals surface area contributed by atoms with Gasteiger partial charge in [0.15, 0.2) is 0 Å². The maximum atomic E-state index is 11.8. The van der Waals surface area contributed by atoms with Crippen molar-refractivity contribution in [3.05, 3.63) is 28.7 Å². The van der Waals surface area contributed by atoms with E-state index >= 15 is 0 Å². The molecule has 1 heterocycles. The molecular formula is C13H18N4O2. The third kappa shape index (κ3) is 2.33. The first-order valence-corrected chi connectivity index (χ1v) is 6.01. The van der Waals surface area contributed by atoms with Gasteiger partial charge in [-0.2, -0.15) is 0 Å². The molecule has 2 rings (SSSR count). The summed E-state index contributed by atoms with van der Waals surface area (Å²) in [7, 11) is 6.91. The average molecular weight is 262 g/mol. The Morgan fingerprint density at radius 2 is 1.84 bits per heavy atom. The first kappa shape index (κ1) is 13.2. The minimum Gasteiger partial charge on any atom is -0.376 e. The fourth-order valence-corrected chi connectivity index (χ4v) is 1.95. The van der Waals surface area contributed by atoms with E-state index in [0.717, 1.165) is 16.7 Å². The standard InChI is InChI=1S/C13H18N4O2/c1-15(2)12(18)8-14-9-5-6-10-11(7-9)17(4)13(19)16(10)3/h5-7,14H,8H2,1-4H3. The third-order valence-corrected chi connectivity index (χ3v) is 3.21. The molecule has 0 aliphatic heterocycles. The van der Waals surface area contributed by atoms with Gasteiger partial charge in [0.25, 0.3) is 0 Å². The van der Waals surface area contributed by atoms with Crippen molar-refractivity contribution in [2.24, 2.45) is 14.1 Å². The molecule has 6 nitrogen and oxygen atoms in total. The fourth-order valence-electron chi connectivity index (χ4n) is 1.95. The summed E-state index contributed by atoms with van der Waals surface area (Å²) in [6, 6.07) is 5.61. The van der Waals surface area contributed by atoms with E-state index in [1.54, 1.807) is 37.3 Å². The quantitative estimate of drug-likeness (QED) is 0.870. The Labute approximate surface area is 111 Å². The second-order valence-corrected chi connectivity index (χ2v) is 4.75. The lowest BCUT2D eigenvalue weighted by atomic mass is 10.2. The number of nitrogens with one attached hydrogen (secondary N) is 1. The minimum atomic E-state index is -0.0588. The Kier molecular flexibility index (Phi) is 3.33. The first-order valence-electron chi connectivity index (χ1n) is 6.01. The number of fused-ring (bicyclic) bond motifs is 1. The van der Waals surface area contributed by atoms with Gasteiger partial charge in [-0.1, -0.05) is 0 Å².